The summed E-state index contributed by atoms with van der Waals surface area (Å²) < 4.78 is 18.5. The molecular weight excluding hydrogens is 157 g/mol. The Bertz CT molecular complexity index is 247. The van der Waals surface area contributed by atoms with Crippen LogP contribution in [-0.4, -0.2) is 13.2 Å². The summed E-state index contributed by atoms with van der Waals surface area (Å²) in [6.07, 6.45) is 4.09. The second-order valence-electron chi connectivity index (χ2n) is 3.21. The molecular formula is C9H12FNO. The van der Waals surface area contributed by atoms with Gasteiger partial charge in [0, 0.05) is 18.4 Å². The molecule has 1 aliphatic carbocycles. The summed E-state index contributed by atoms with van der Waals surface area (Å²) in [5, 5.41) is 0. The van der Waals surface area contributed by atoms with Gasteiger partial charge in [-0.25, -0.2) is 4.39 Å². The van der Waals surface area contributed by atoms with E-state index < -0.39 is 0 Å². The number of hydrogen-bond donors (Lipinski definition) is 1. The number of hydrogen-bond acceptors (Lipinski definition) is 2. The minimum Gasteiger partial charge on any atom is -0.498 e. The number of rotatable bonds is 1. The topological polar surface area (TPSA) is 35.2 Å². The van der Waals surface area contributed by atoms with Gasteiger partial charge in [-0.1, -0.05) is 0 Å². The zero-order valence-corrected chi connectivity index (χ0v) is 6.79. The van der Waals surface area contributed by atoms with E-state index in [1.807, 2.05) is 0 Å². The number of fused-ring (bicyclic) bond motifs is 1. The van der Waals surface area contributed by atoms with Gasteiger partial charge in [0.2, 0.25) is 0 Å². The maximum absolute atomic E-state index is 13.2. The van der Waals surface area contributed by atoms with Crippen LogP contribution in [0.15, 0.2) is 23.7 Å². The Kier molecular flexibility index (Phi) is 1.89. The summed E-state index contributed by atoms with van der Waals surface area (Å²) in [5.41, 5.74) is 5.49. The van der Waals surface area contributed by atoms with E-state index in [9.17, 15) is 4.39 Å². The molecule has 0 amide bonds. The molecule has 3 heteroatoms. The lowest BCUT2D eigenvalue weighted by atomic mass is 9.85. The highest BCUT2D eigenvalue weighted by molar-refractivity contribution is 5.24. The summed E-state index contributed by atoms with van der Waals surface area (Å²) in [5.74, 6) is 0.857. The smallest absolute Gasteiger partial charge is 0.105 e. The van der Waals surface area contributed by atoms with Crippen LogP contribution in [-0.2, 0) is 4.74 Å². The Labute approximate surface area is 70.9 Å². The number of allylic oxidation sites excluding steroid dienone is 3. The fourth-order valence-electron chi connectivity index (χ4n) is 1.88. The molecule has 1 heterocycles. The zero-order chi connectivity index (χ0) is 8.55. The highest BCUT2D eigenvalue weighted by atomic mass is 19.1. The van der Waals surface area contributed by atoms with Crippen molar-refractivity contribution < 1.29 is 9.13 Å². The Hall–Kier alpha value is -0.830. The van der Waals surface area contributed by atoms with Crippen LogP contribution >= 0.6 is 0 Å². The van der Waals surface area contributed by atoms with Gasteiger partial charge in [-0.3, -0.25) is 0 Å². The molecule has 2 atom stereocenters. The molecule has 1 fully saturated rings. The standard InChI is InChI=1S/C9H12FNO/c10-8-1-2-9-6(3-4-12-9)7(8)5-11/h1-2,6-7H,3-5,11H2. The molecule has 1 saturated heterocycles. The van der Waals surface area contributed by atoms with Crippen molar-refractivity contribution in [1.29, 1.82) is 0 Å². The minimum absolute atomic E-state index is 0.100. The predicted octanol–water partition coefficient (Wildman–Crippen LogP) is 1.35. The monoisotopic (exact) mass is 169 g/mol. The third-order valence-electron chi connectivity index (χ3n) is 2.56. The fraction of sp³-hybridized carbons (Fsp3) is 0.556. The molecule has 66 valence electrons. The minimum atomic E-state index is -0.146. The molecule has 0 aromatic carbocycles. The highest BCUT2D eigenvalue weighted by Gasteiger charge is 2.34. The van der Waals surface area contributed by atoms with Crippen LogP contribution in [0.4, 0.5) is 4.39 Å². The van der Waals surface area contributed by atoms with Crippen LogP contribution in [0.3, 0.4) is 0 Å². The third kappa shape index (κ3) is 1.05. The van der Waals surface area contributed by atoms with Crippen LogP contribution in [0.25, 0.3) is 0 Å². The first kappa shape index (κ1) is 7.80. The summed E-state index contributed by atoms with van der Waals surface area (Å²) in [4.78, 5) is 0. The molecule has 2 aliphatic rings. The molecule has 0 aromatic heterocycles. The van der Waals surface area contributed by atoms with Gasteiger partial charge in [0.1, 0.15) is 5.83 Å². The number of nitrogens with two attached hydrogens (primary N) is 1. The first-order chi connectivity index (χ1) is 5.83. The van der Waals surface area contributed by atoms with Gasteiger partial charge in [0.05, 0.1) is 12.4 Å². The van der Waals surface area contributed by atoms with E-state index in [0.29, 0.717) is 13.2 Å². The molecule has 0 bridgehead atoms. The van der Waals surface area contributed by atoms with E-state index in [0.717, 1.165) is 12.2 Å². The van der Waals surface area contributed by atoms with Gasteiger partial charge < -0.3 is 10.5 Å². The summed E-state index contributed by atoms with van der Waals surface area (Å²) in [6.45, 7) is 1.07. The maximum Gasteiger partial charge on any atom is 0.105 e. The Morgan fingerprint density at radius 2 is 2.42 bits per heavy atom. The fourth-order valence-corrected chi connectivity index (χ4v) is 1.88. The van der Waals surface area contributed by atoms with E-state index in [1.54, 1.807) is 6.08 Å². The van der Waals surface area contributed by atoms with Gasteiger partial charge in [0.15, 0.2) is 0 Å². The van der Waals surface area contributed by atoms with Crippen molar-refractivity contribution in [2.45, 2.75) is 6.42 Å². The Balaban J connectivity index is 2.25. The molecule has 1 aliphatic heterocycles. The largest absolute Gasteiger partial charge is 0.498 e. The average Bonchev–Trinajstić information content (AvgIpc) is 2.52. The SMILES string of the molecule is NCC1C(F)=CC=C2OCCC21. The first-order valence-corrected chi connectivity index (χ1v) is 4.23. The van der Waals surface area contributed by atoms with Crippen molar-refractivity contribution in [2.24, 2.45) is 17.6 Å². The molecule has 2 nitrogen and oxygen atoms in total. The van der Waals surface area contributed by atoms with E-state index in [4.69, 9.17) is 10.5 Å². The van der Waals surface area contributed by atoms with Gasteiger partial charge in [0.25, 0.3) is 0 Å². The zero-order valence-electron chi connectivity index (χ0n) is 6.79. The van der Waals surface area contributed by atoms with Crippen molar-refractivity contribution in [3.8, 4) is 0 Å². The van der Waals surface area contributed by atoms with Crippen molar-refractivity contribution in [2.75, 3.05) is 13.2 Å². The van der Waals surface area contributed by atoms with Gasteiger partial charge in [-0.2, -0.15) is 0 Å². The quantitative estimate of drug-likeness (QED) is 0.643. The predicted molar refractivity (Wildman–Crippen MR) is 43.9 cm³/mol. The molecule has 2 rings (SSSR count). The second-order valence-corrected chi connectivity index (χ2v) is 3.21. The van der Waals surface area contributed by atoms with Crippen molar-refractivity contribution in [3.63, 3.8) is 0 Å². The van der Waals surface area contributed by atoms with E-state index in [-0.39, 0.29) is 17.7 Å². The van der Waals surface area contributed by atoms with E-state index in [1.165, 1.54) is 6.08 Å². The Morgan fingerprint density at radius 3 is 3.17 bits per heavy atom. The van der Waals surface area contributed by atoms with E-state index in [2.05, 4.69) is 0 Å². The first-order valence-electron chi connectivity index (χ1n) is 4.23. The van der Waals surface area contributed by atoms with Crippen molar-refractivity contribution in [3.05, 3.63) is 23.7 Å². The molecule has 0 radical (unpaired) electrons. The molecule has 12 heavy (non-hydrogen) atoms. The summed E-state index contributed by atoms with van der Waals surface area (Å²) in [7, 11) is 0. The lowest BCUT2D eigenvalue weighted by molar-refractivity contribution is 0.248. The van der Waals surface area contributed by atoms with Gasteiger partial charge >= 0.3 is 0 Å². The van der Waals surface area contributed by atoms with Crippen LogP contribution in [0.2, 0.25) is 0 Å². The second kappa shape index (κ2) is 2.90. The number of halogens is 1. The number of ether oxygens (including phenoxy) is 1. The lowest BCUT2D eigenvalue weighted by Gasteiger charge is -2.22. The average molecular weight is 169 g/mol. The summed E-state index contributed by atoms with van der Waals surface area (Å²) >= 11 is 0. The van der Waals surface area contributed by atoms with Crippen molar-refractivity contribution >= 4 is 0 Å². The molecule has 2 unspecified atom stereocenters. The van der Waals surface area contributed by atoms with Crippen LogP contribution in [0.5, 0.6) is 0 Å². The normalized spacial score (nSPS) is 33.5. The van der Waals surface area contributed by atoms with Crippen LogP contribution in [0, 0.1) is 11.8 Å². The molecule has 0 spiro atoms. The van der Waals surface area contributed by atoms with Crippen molar-refractivity contribution in [1.82, 2.24) is 0 Å². The highest BCUT2D eigenvalue weighted by Crippen LogP contribution is 2.38. The van der Waals surface area contributed by atoms with Crippen LogP contribution in [0.1, 0.15) is 6.42 Å². The van der Waals surface area contributed by atoms with E-state index >= 15 is 0 Å². The summed E-state index contributed by atoms with van der Waals surface area (Å²) in [6, 6.07) is 0. The van der Waals surface area contributed by atoms with Crippen LogP contribution < -0.4 is 5.73 Å². The lowest BCUT2D eigenvalue weighted by Crippen LogP contribution is -2.25. The third-order valence-corrected chi connectivity index (χ3v) is 2.56. The molecule has 0 aromatic rings. The Morgan fingerprint density at radius 1 is 1.58 bits per heavy atom. The van der Waals surface area contributed by atoms with Gasteiger partial charge in [-0.15, -0.1) is 0 Å². The van der Waals surface area contributed by atoms with Gasteiger partial charge in [-0.05, 0) is 18.6 Å². The molecule has 2 N–H and O–H groups in total. The molecule has 0 saturated carbocycles. The maximum atomic E-state index is 13.2.